The molecule has 7 heteroatoms. The third-order valence-corrected chi connectivity index (χ3v) is 5.33. The number of amides is 2. The van der Waals surface area contributed by atoms with Crippen molar-refractivity contribution in [3.63, 3.8) is 0 Å². The maximum absolute atomic E-state index is 12.4. The van der Waals surface area contributed by atoms with Crippen LogP contribution in [0.3, 0.4) is 0 Å². The minimum absolute atomic E-state index is 0.197. The van der Waals surface area contributed by atoms with E-state index in [1.165, 1.54) is 22.0 Å². The van der Waals surface area contributed by atoms with Gasteiger partial charge in [0.1, 0.15) is 0 Å². The maximum atomic E-state index is 12.4. The number of benzene rings is 2. The Balaban J connectivity index is 1.32. The number of nitrogens with one attached hydrogen (secondary N) is 2. The molecule has 1 aliphatic rings. The summed E-state index contributed by atoms with van der Waals surface area (Å²) in [6.45, 7) is 4.04. The predicted molar refractivity (Wildman–Crippen MR) is 118 cm³/mol. The monoisotopic (exact) mass is 403 g/mol. The molecule has 0 saturated carbocycles. The highest BCUT2D eigenvalue weighted by Crippen LogP contribution is 2.28. The van der Waals surface area contributed by atoms with Gasteiger partial charge in [-0.05, 0) is 48.7 Å². The number of carbonyl (C=O) groups is 1. The minimum Gasteiger partial charge on any atom is -0.366 e. The normalized spacial score (nSPS) is 13.6. The van der Waals surface area contributed by atoms with E-state index < -0.39 is 0 Å². The summed E-state index contributed by atoms with van der Waals surface area (Å²) in [6, 6.07) is 17.5. The number of urea groups is 1. The maximum Gasteiger partial charge on any atom is 0.347 e. The van der Waals surface area contributed by atoms with E-state index in [4.69, 9.17) is 0 Å². The van der Waals surface area contributed by atoms with Crippen molar-refractivity contribution >= 4 is 17.4 Å². The molecule has 0 radical (unpaired) electrons. The Hall–Kier alpha value is -3.61. The van der Waals surface area contributed by atoms with Crippen molar-refractivity contribution in [1.29, 1.82) is 0 Å². The van der Waals surface area contributed by atoms with Crippen molar-refractivity contribution in [3.05, 3.63) is 88.6 Å². The number of aromatic nitrogens is 2. The van der Waals surface area contributed by atoms with Crippen molar-refractivity contribution in [2.75, 3.05) is 23.3 Å². The molecule has 0 spiro atoms. The third kappa shape index (κ3) is 4.51. The molecule has 0 aliphatic carbocycles. The Morgan fingerprint density at radius 1 is 1.17 bits per heavy atom. The Morgan fingerprint density at radius 3 is 2.90 bits per heavy atom. The molecule has 0 bridgehead atoms. The fourth-order valence-electron chi connectivity index (χ4n) is 3.80. The lowest BCUT2D eigenvalue weighted by molar-refractivity contribution is 0.251. The second-order valence-electron chi connectivity index (χ2n) is 7.49. The van der Waals surface area contributed by atoms with E-state index in [2.05, 4.69) is 51.7 Å². The highest BCUT2D eigenvalue weighted by Gasteiger charge is 2.23. The molecule has 1 aliphatic heterocycles. The van der Waals surface area contributed by atoms with Crippen LogP contribution in [-0.4, -0.2) is 34.7 Å². The average molecular weight is 403 g/mol. The van der Waals surface area contributed by atoms with Crippen LogP contribution in [0.4, 0.5) is 16.2 Å². The number of hydrogen-bond donors (Lipinski definition) is 2. The summed E-state index contributed by atoms with van der Waals surface area (Å²) in [7, 11) is 0. The molecule has 154 valence electrons. The lowest BCUT2D eigenvalue weighted by Crippen LogP contribution is -2.42. The summed E-state index contributed by atoms with van der Waals surface area (Å²) >= 11 is 0. The highest BCUT2D eigenvalue weighted by molar-refractivity contribution is 5.89. The molecule has 2 amide bonds. The first kappa shape index (κ1) is 19.7. The number of fused-ring (bicyclic) bond motifs is 1. The molecule has 0 fully saturated rings. The molecule has 1 aromatic heterocycles. The molecule has 2 aromatic carbocycles. The zero-order chi connectivity index (χ0) is 20.9. The van der Waals surface area contributed by atoms with Gasteiger partial charge < -0.3 is 15.5 Å². The highest BCUT2D eigenvalue weighted by atomic mass is 16.2. The van der Waals surface area contributed by atoms with E-state index in [1.54, 1.807) is 12.3 Å². The fourth-order valence-corrected chi connectivity index (χ4v) is 3.80. The third-order valence-electron chi connectivity index (χ3n) is 5.33. The largest absolute Gasteiger partial charge is 0.366 e. The van der Waals surface area contributed by atoms with Gasteiger partial charge in [-0.25, -0.2) is 14.6 Å². The van der Waals surface area contributed by atoms with Crippen LogP contribution in [0.2, 0.25) is 0 Å². The van der Waals surface area contributed by atoms with Gasteiger partial charge in [-0.15, -0.1) is 0 Å². The Morgan fingerprint density at radius 2 is 2.03 bits per heavy atom. The summed E-state index contributed by atoms with van der Waals surface area (Å²) in [6.07, 6.45) is 4.21. The quantitative estimate of drug-likeness (QED) is 0.663. The van der Waals surface area contributed by atoms with Crippen LogP contribution >= 0.6 is 0 Å². The molecule has 2 N–H and O–H groups in total. The average Bonchev–Trinajstić information content (AvgIpc) is 3.18. The number of nitrogens with zero attached hydrogens (tertiary/aromatic N) is 3. The van der Waals surface area contributed by atoms with Gasteiger partial charge in [-0.2, -0.15) is 0 Å². The Kier molecular flexibility index (Phi) is 5.79. The van der Waals surface area contributed by atoms with Crippen LogP contribution in [0.25, 0.3) is 0 Å². The molecule has 1 atom stereocenters. The van der Waals surface area contributed by atoms with Crippen molar-refractivity contribution in [2.45, 2.75) is 25.9 Å². The SMILES string of the molecule is C[C@@H](CNC(=O)Nc1cccc(Cn2cccnc2=O)c1)N1CCc2ccccc21. The van der Waals surface area contributed by atoms with Crippen molar-refractivity contribution in [1.82, 2.24) is 14.9 Å². The number of hydrogen-bond acceptors (Lipinski definition) is 4. The summed E-state index contributed by atoms with van der Waals surface area (Å²) in [5.74, 6) is 0. The smallest absolute Gasteiger partial charge is 0.347 e. The summed E-state index contributed by atoms with van der Waals surface area (Å²) in [5.41, 5.74) is 3.90. The number of para-hydroxylation sites is 1. The van der Waals surface area contributed by atoms with Crippen molar-refractivity contribution < 1.29 is 4.79 Å². The molecule has 7 nitrogen and oxygen atoms in total. The van der Waals surface area contributed by atoms with Crippen LogP contribution in [0.1, 0.15) is 18.1 Å². The van der Waals surface area contributed by atoms with Crippen LogP contribution in [0, 0.1) is 0 Å². The van der Waals surface area contributed by atoms with E-state index in [1.807, 2.05) is 24.3 Å². The van der Waals surface area contributed by atoms with Crippen LogP contribution in [0.15, 0.2) is 71.8 Å². The second kappa shape index (κ2) is 8.82. The van der Waals surface area contributed by atoms with Crippen LogP contribution < -0.4 is 21.2 Å². The summed E-state index contributed by atoms with van der Waals surface area (Å²) in [5, 5.41) is 5.84. The Bertz CT molecular complexity index is 1090. The molecular weight excluding hydrogens is 378 g/mol. The van der Waals surface area contributed by atoms with Gasteiger partial charge in [0.2, 0.25) is 0 Å². The first-order valence-electron chi connectivity index (χ1n) is 10.1. The first-order valence-corrected chi connectivity index (χ1v) is 10.1. The predicted octanol–water partition coefficient (Wildman–Crippen LogP) is 2.86. The van der Waals surface area contributed by atoms with Crippen LogP contribution in [0.5, 0.6) is 0 Å². The van der Waals surface area contributed by atoms with Crippen molar-refractivity contribution in [2.24, 2.45) is 0 Å². The van der Waals surface area contributed by atoms with Gasteiger partial charge in [0.05, 0.1) is 6.54 Å². The molecule has 0 unspecified atom stereocenters. The van der Waals surface area contributed by atoms with E-state index in [9.17, 15) is 9.59 Å². The molecule has 2 heterocycles. The van der Waals surface area contributed by atoms with E-state index >= 15 is 0 Å². The molecule has 30 heavy (non-hydrogen) atoms. The minimum atomic E-state index is -0.300. The van der Waals surface area contributed by atoms with E-state index in [-0.39, 0.29) is 17.8 Å². The van der Waals surface area contributed by atoms with Gasteiger partial charge in [0, 0.05) is 42.9 Å². The topological polar surface area (TPSA) is 79.3 Å². The van der Waals surface area contributed by atoms with Crippen molar-refractivity contribution in [3.8, 4) is 0 Å². The van der Waals surface area contributed by atoms with E-state index in [0.717, 1.165) is 18.5 Å². The van der Waals surface area contributed by atoms with E-state index in [0.29, 0.717) is 18.8 Å². The van der Waals surface area contributed by atoms with Gasteiger partial charge in [0.15, 0.2) is 0 Å². The number of anilines is 2. The number of carbonyl (C=O) groups excluding carboxylic acids is 1. The lowest BCUT2D eigenvalue weighted by Gasteiger charge is -2.27. The Labute approximate surface area is 175 Å². The summed E-state index contributed by atoms with van der Waals surface area (Å²) in [4.78, 5) is 30.3. The molecule has 3 aromatic rings. The second-order valence-corrected chi connectivity index (χ2v) is 7.49. The zero-order valence-electron chi connectivity index (χ0n) is 16.9. The number of rotatable bonds is 6. The van der Waals surface area contributed by atoms with Gasteiger partial charge in [0.25, 0.3) is 0 Å². The van der Waals surface area contributed by atoms with Gasteiger partial charge in [-0.3, -0.25) is 4.57 Å². The molecule has 0 saturated heterocycles. The zero-order valence-corrected chi connectivity index (χ0v) is 16.9. The first-order chi connectivity index (χ1) is 14.6. The van der Waals surface area contributed by atoms with Gasteiger partial charge in [-0.1, -0.05) is 30.3 Å². The lowest BCUT2D eigenvalue weighted by atomic mass is 10.2. The van der Waals surface area contributed by atoms with Crippen LogP contribution in [-0.2, 0) is 13.0 Å². The standard InChI is InChI=1S/C23H25N5O2/c1-17(28-13-10-19-7-2-3-9-21(19)28)15-25-22(29)26-20-8-4-6-18(14-20)16-27-12-5-11-24-23(27)30/h2-9,11-12,14,17H,10,13,15-16H2,1H3,(H2,25,26,29)/t17-/m0/s1. The summed E-state index contributed by atoms with van der Waals surface area (Å²) < 4.78 is 1.52. The molecular formula is C23H25N5O2. The van der Waals surface area contributed by atoms with Gasteiger partial charge >= 0.3 is 11.7 Å². The fraction of sp³-hybridized carbons (Fsp3) is 0.261. The molecule has 4 rings (SSSR count).